The summed E-state index contributed by atoms with van der Waals surface area (Å²) in [6, 6.07) is 6.65. The maximum atomic E-state index is 12.7. The van der Waals surface area contributed by atoms with Crippen LogP contribution < -0.4 is 5.32 Å². The number of imidazole rings is 1. The third-order valence-electron chi connectivity index (χ3n) is 2.93. The number of benzene rings is 1. The van der Waals surface area contributed by atoms with Crippen LogP contribution in [0.25, 0.3) is 0 Å². The molecule has 3 nitrogen and oxygen atoms in total. The van der Waals surface area contributed by atoms with Gasteiger partial charge in [0.25, 0.3) is 0 Å². The number of aryl methyl sites for hydroxylation is 1. The molecule has 0 fully saturated rings. The fourth-order valence-corrected chi connectivity index (χ4v) is 1.88. The van der Waals surface area contributed by atoms with Crippen LogP contribution in [-0.4, -0.2) is 16.1 Å². The summed E-state index contributed by atoms with van der Waals surface area (Å²) >= 11 is 0. The summed E-state index contributed by atoms with van der Waals surface area (Å²) in [7, 11) is 0. The van der Waals surface area contributed by atoms with Gasteiger partial charge in [0.1, 0.15) is 11.6 Å². The SMILES string of the molecule is CCn1ccnc1CNCCc1ccc(F)cc1. The van der Waals surface area contributed by atoms with Gasteiger partial charge in [0.15, 0.2) is 0 Å². The molecule has 0 aliphatic carbocycles. The monoisotopic (exact) mass is 247 g/mol. The Morgan fingerprint density at radius 1 is 1.28 bits per heavy atom. The van der Waals surface area contributed by atoms with Crippen LogP contribution in [0.3, 0.4) is 0 Å². The number of hydrogen-bond donors (Lipinski definition) is 1. The predicted octanol–water partition coefficient (Wildman–Crippen LogP) is 2.37. The molecule has 0 radical (unpaired) electrons. The quantitative estimate of drug-likeness (QED) is 0.794. The number of aromatic nitrogens is 2. The molecule has 1 heterocycles. The van der Waals surface area contributed by atoms with Crippen molar-refractivity contribution in [2.24, 2.45) is 0 Å². The lowest BCUT2D eigenvalue weighted by atomic mass is 10.1. The Kier molecular flexibility index (Phi) is 4.47. The topological polar surface area (TPSA) is 29.9 Å². The molecule has 1 aromatic carbocycles. The van der Waals surface area contributed by atoms with Gasteiger partial charge in [-0.15, -0.1) is 0 Å². The number of nitrogens with zero attached hydrogens (tertiary/aromatic N) is 2. The second-order valence-corrected chi connectivity index (χ2v) is 4.18. The lowest BCUT2D eigenvalue weighted by Gasteiger charge is -2.06. The summed E-state index contributed by atoms with van der Waals surface area (Å²) in [5.41, 5.74) is 1.14. The van der Waals surface area contributed by atoms with E-state index < -0.39 is 0 Å². The summed E-state index contributed by atoms with van der Waals surface area (Å²) < 4.78 is 14.8. The van der Waals surface area contributed by atoms with Crippen molar-refractivity contribution < 1.29 is 4.39 Å². The van der Waals surface area contributed by atoms with Crippen molar-refractivity contribution in [3.8, 4) is 0 Å². The first-order valence-electron chi connectivity index (χ1n) is 6.24. The van der Waals surface area contributed by atoms with E-state index in [9.17, 15) is 4.39 Å². The van der Waals surface area contributed by atoms with E-state index in [2.05, 4.69) is 21.8 Å². The molecule has 4 heteroatoms. The van der Waals surface area contributed by atoms with Crippen LogP contribution >= 0.6 is 0 Å². The minimum Gasteiger partial charge on any atom is -0.334 e. The van der Waals surface area contributed by atoms with Crippen molar-refractivity contribution in [2.75, 3.05) is 6.54 Å². The third kappa shape index (κ3) is 3.40. The maximum absolute atomic E-state index is 12.7. The normalized spacial score (nSPS) is 10.8. The third-order valence-corrected chi connectivity index (χ3v) is 2.93. The average Bonchev–Trinajstić information content (AvgIpc) is 2.84. The molecule has 0 aliphatic heterocycles. The first kappa shape index (κ1) is 12.8. The molecule has 0 unspecified atom stereocenters. The molecule has 2 aromatic rings. The minimum absolute atomic E-state index is 0.184. The average molecular weight is 247 g/mol. The van der Waals surface area contributed by atoms with Crippen molar-refractivity contribution in [1.29, 1.82) is 0 Å². The van der Waals surface area contributed by atoms with E-state index in [0.717, 1.165) is 37.4 Å². The molecule has 0 saturated carbocycles. The van der Waals surface area contributed by atoms with Gasteiger partial charge in [-0.05, 0) is 37.6 Å². The molecule has 18 heavy (non-hydrogen) atoms. The molecule has 0 bridgehead atoms. The minimum atomic E-state index is -0.184. The summed E-state index contributed by atoms with van der Waals surface area (Å²) in [5, 5.41) is 3.35. The molecule has 1 N–H and O–H groups in total. The van der Waals surface area contributed by atoms with Gasteiger partial charge in [-0.2, -0.15) is 0 Å². The number of rotatable bonds is 6. The molecule has 0 aliphatic rings. The Hall–Kier alpha value is -1.68. The maximum Gasteiger partial charge on any atom is 0.123 e. The second-order valence-electron chi connectivity index (χ2n) is 4.18. The summed E-state index contributed by atoms with van der Waals surface area (Å²) in [6.07, 6.45) is 4.70. The van der Waals surface area contributed by atoms with E-state index >= 15 is 0 Å². The zero-order valence-corrected chi connectivity index (χ0v) is 10.6. The van der Waals surface area contributed by atoms with Crippen LogP contribution in [0.2, 0.25) is 0 Å². The van der Waals surface area contributed by atoms with E-state index in [1.165, 1.54) is 12.1 Å². The lowest BCUT2D eigenvalue weighted by Crippen LogP contribution is -2.19. The van der Waals surface area contributed by atoms with Crippen LogP contribution in [0, 0.1) is 5.82 Å². The van der Waals surface area contributed by atoms with Crippen LogP contribution in [0.1, 0.15) is 18.3 Å². The fourth-order valence-electron chi connectivity index (χ4n) is 1.88. The van der Waals surface area contributed by atoms with Gasteiger partial charge in [-0.25, -0.2) is 9.37 Å². The Balaban J connectivity index is 1.74. The molecule has 96 valence electrons. The van der Waals surface area contributed by atoms with Gasteiger partial charge in [0, 0.05) is 18.9 Å². The number of halogens is 1. The van der Waals surface area contributed by atoms with Gasteiger partial charge < -0.3 is 9.88 Å². The standard InChI is InChI=1S/C14H18FN3/c1-2-18-10-9-17-14(18)11-16-8-7-12-3-5-13(15)6-4-12/h3-6,9-10,16H,2,7-8,11H2,1H3. The lowest BCUT2D eigenvalue weighted by molar-refractivity contribution is 0.610. The van der Waals surface area contributed by atoms with Gasteiger partial charge in [-0.1, -0.05) is 12.1 Å². The first-order valence-corrected chi connectivity index (χ1v) is 6.24. The van der Waals surface area contributed by atoms with Gasteiger partial charge >= 0.3 is 0 Å². The highest BCUT2D eigenvalue weighted by Gasteiger charge is 2.00. The van der Waals surface area contributed by atoms with Crippen molar-refractivity contribution in [3.05, 3.63) is 53.9 Å². The molecule has 1 aromatic heterocycles. The largest absolute Gasteiger partial charge is 0.334 e. The van der Waals surface area contributed by atoms with Gasteiger partial charge in [0.2, 0.25) is 0 Å². The Bertz CT molecular complexity index is 476. The zero-order valence-electron chi connectivity index (χ0n) is 10.6. The highest BCUT2D eigenvalue weighted by atomic mass is 19.1. The first-order chi connectivity index (χ1) is 8.79. The highest BCUT2D eigenvalue weighted by molar-refractivity contribution is 5.16. The van der Waals surface area contributed by atoms with E-state index in [1.807, 2.05) is 24.5 Å². The fraction of sp³-hybridized carbons (Fsp3) is 0.357. The molecule has 0 saturated heterocycles. The molecule has 0 spiro atoms. The molecular weight excluding hydrogens is 229 g/mol. The Morgan fingerprint density at radius 3 is 2.78 bits per heavy atom. The summed E-state index contributed by atoms with van der Waals surface area (Å²) in [4.78, 5) is 4.29. The predicted molar refractivity (Wildman–Crippen MR) is 69.7 cm³/mol. The van der Waals surface area contributed by atoms with Crippen molar-refractivity contribution >= 4 is 0 Å². The Labute approximate surface area is 107 Å². The molecular formula is C14H18FN3. The van der Waals surface area contributed by atoms with Crippen LogP contribution in [0.15, 0.2) is 36.7 Å². The molecule has 0 amide bonds. The van der Waals surface area contributed by atoms with Crippen LogP contribution in [0.5, 0.6) is 0 Å². The van der Waals surface area contributed by atoms with Crippen LogP contribution in [0.4, 0.5) is 4.39 Å². The Morgan fingerprint density at radius 2 is 2.06 bits per heavy atom. The zero-order chi connectivity index (χ0) is 12.8. The highest BCUT2D eigenvalue weighted by Crippen LogP contribution is 2.03. The smallest absolute Gasteiger partial charge is 0.123 e. The summed E-state index contributed by atoms with van der Waals surface area (Å²) in [6.45, 7) is 4.67. The van der Waals surface area contributed by atoms with E-state index in [0.29, 0.717) is 0 Å². The van der Waals surface area contributed by atoms with E-state index in [4.69, 9.17) is 0 Å². The molecule has 0 atom stereocenters. The second kappa shape index (κ2) is 6.31. The summed E-state index contributed by atoms with van der Waals surface area (Å²) in [5.74, 6) is 0.869. The molecule has 2 rings (SSSR count). The van der Waals surface area contributed by atoms with E-state index in [1.54, 1.807) is 0 Å². The van der Waals surface area contributed by atoms with Crippen molar-refractivity contribution in [2.45, 2.75) is 26.4 Å². The number of nitrogens with one attached hydrogen (secondary N) is 1. The van der Waals surface area contributed by atoms with Crippen LogP contribution in [-0.2, 0) is 19.5 Å². The van der Waals surface area contributed by atoms with Crippen molar-refractivity contribution in [3.63, 3.8) is 0 Å². The van der Waals surface area contributed by atoms with Gasteiger partial charge in [0.05, 0.1) is 6.54 Å². The number of hydrogen-bond acceptors (Lipinski definition) is 2. The van der Waals surface area contributed by atoms with Crippen molar-refractivity contribution in [1.82, 2.24) is 14.9 Å². The van der Waals surface area contributed by atoms with Gasteiger partial charge in [-0.3, -0.25) is 0 Å². The van der Waals surface area contributed by atoms with E-state index in [-0.39, 0.29) is 5.82 Å².